The van der Waals surface area contributed by atoms with Crippen molar-refractivity contribution in [2.75, 3.05) is 20.1 Å². The molecule has 1 unspecified atom stereocenters. The van der Waals surface area contributed by atoms with Crippen LogP contribution in [0.15, 0.2) is 33.8 Å². The molecule has 3 aliphatic rings. The van der Waals surface area contributed by atoms with Gasteiger partial charge in [-0.15, -0.1) is 12.4 Å². The van der Waals surface area contributed by atoms with E-state index in [4.69, 9.17) is 0 Å². The number of halogens is 2. The van der Waals surface area contributed by atoms with Crippen LogP contribution in [0.3, 0.4) is 0 Å². The highest BCUT2D eigenvalue weighted by Crippen LogP contribution is 2.36. The van der Waals surface area contributed by atoms with Crippen molar-refractivity contribution in [2.45, 2.75) is 6.42 Å². The SMILES string of the molecule is C[N@+]12C=CN=CC1=C(C1CCNC1)N=C2Br.Cl. The van der Waals surface area contributed by atoms with Crippen LogP contribution in [0, 0.1) is 5.92 Å². The highest BCUT2D eigenvalue weighted by Gasteiger charge is 2.42. The largest absolute Gasteiger partial charge is 0.316 e. The zero-order valence-electron chi connectivity index (χ0n) is 9.56. The summed E-state index contributed by atoms with van der Waals surface area (Å²) in [5.41, 5.74) is 2.38. The first-order valence-corrected chi connectivity index (χ1v) is 6.28. The molecule has 0 aromatic heterocycles. The Morgan fingerprint density at radius 1 is 1.53 bits per heavy atom. The van der Waals surface area contributed by atoms with Gasteiger partial charge in [-0.3, -0.25) is 4.99 Å². The van der Waals surface area contributed by atoms with Gasteiger partial charge in [-0.25, -0.2) is 4.48 Å². The number of nitrogens with zero attached hydrogens (tertiary/aromatic N) is 3. The molecular formula is C11H15BrClN4+. The molecular weight excluding hydrogens is 304 g/mol. The molecule has 4 nitrogen and oxygen atoms in total. The second-order valence-corrected chi connectivity index (χ2v) is 5.20. The molecule has 1 fully saturated rings. The Hall–Kier alpha value is -0.490. The second-order valence-electron chi connectivity index (χ2n) is 4.49. The molecule has 0 radical (unpaired) electrons. The van der Waals surface area contributed by atoms with Gasteiger partial charge in [-0.2, -0.15) is 4.99 Å². The minimum Gasteiger partial charge on any atom is -0.316 e. The topological polar surface area (TPSA) is 36.8 Å². The summed E-state index contributed by atoms with van der Waals surface area (Å²) in [6, 6.07) is 0. The number of hydrogen-bond acceptors (Lipinski definition) is 3. The first-order valence-electron chi connectivity index (χ1n) is 5.49. The molecule has 0 spiro atoms. The first kappa shape index (κ1) is 13.0. The van der Waals surface area contributed by atoms with E-state index in [1.54, 1.807) is 0 Å². The van der Waals surface area contributed by atoms with Crippen molar-refractivity contribution in [1.82, 2.24) is 5.32 Å². The number of allylic oxidation sites excluding steroid dienone is 1. The van der Waals surface area contributed by atoms with E-state index in [0.29, 0.717) is 10.4 Å². The van der Waals surface area contributed by atoms with E-state index in [9.17, 15) is 0 Å². The number of aliphatic imine (C=N–C) groups is 2. The third-order valence-corrected chi connectivity index (χ3v) is 4.37. The van der Waals surface area contributed by atoms with E-state index >= 15 is 0 Å². The molecule has 0 aliphatic carbocycles. The third kappa shape index (κ3) is 1.91. The minimum atomic E-state index is 0. The Bertz CT molecular complexity index is 448. The van der Waals surface area contributed by atoms with E-state index in [-0.39, 0.29) is 12.4 Å². The van der Waals surface area contributed by atoms with Crippen LogP contribution >= 0.6 is 28.3 Å². The fraction of sp³-hybridized carbons (Fsp3) is 0.455. The molecule has 17 heavy (non-hydrogen) atoms. The maximum absolute atomic E-state index is 4.69. The fourth-order valence-electron chi connectivity index (χ4n) is 2.40. The molecule has 3 aliphatic heterocycles. The number of quaternary nitrogens is 1. The Morgan fingerprint density at radius 2 is 2.35 bits per heavy atom. The van der Waals surface area contributed by atoms with Crippen LogP contribution in [0.4, 0.5) is 0 Å². The van der Waals surface area contributed by atoms with Gasteiger partial charge in [0.2, 0.25) is 0 Å². The van der Waals surface area contributed by atoms with Crippen molar-refractivity contribution in [1.29, 1.82) is 0 Å². The van der Waals surface area contributed by atoms with Crippen molar-refractivity contribution in [3.8, 4) is 0 Å². The summed E-state index contributed by atoms with van der Waals surface area (Å²) in [6.07, 6.45) is 6.99. The van der Waals surface area contributed by atoms with Gasteiger partial charge in [-0.1, -0.05) is 0 Å². The number of hydrogen-bond donors (Lipinski definition) is 1. The van der Waals surface area contributed by atoms with Crippen molar-refractivity contribution in [3.63, 3.8) is 0 Å². The molecule has 0 bridgehead atoms. The summed E-state index contributed by atoms with van der Waals surface area (Å²) in [5, 5.41) is 3.38. The van der Waals surface area contributed by atoms with Gasteiger partial charge in [0.05, 0.1) is 19.5 Å². The van der Waals surface area contributed by atoms with Crippen LogP contribution in [-0.2, 0) is 0 Å². The van der Waals surface area contributed by atoms with Crippen LogP contribution in [0.25, 0.3) is 0 Å². The van der Waals surface area contributed by atoms with Gasteiger partial charge >= 0.3 is 0 Å². The smallest absolute Gasteiger partial charge is 0.281 e. The lowest BCUT2D eigenvalue weighted by Crippen LogP contribution is -2.39. The van der Waals surface area contributed by atoms with Crippen molar-refractivity contribution >= 4 is 39.3 Å². The van der Waals surface area contributed by atoms with Gasteiger partial charge in [-0.05, 0) is 13.0 Å². The summed E-state index contributed by atoms with van der Waals surface area (Å²) in [5.74, 6) is 0.528. The molecule has 2 atom stereocenters. The fourth-order valence-corrected chi connectivity index (χ4v) is 2.90. The van der Waals surface area contributed by atoms with Crippen LogP contribution in [0.5, 0.6) is 0 Å². The van der Waals surface area contributed by atoms with Crippen LogP contribution in [-0.4, -0.2) is 35.6 Å². The van der Waals surface area contributed by atoms with Crippen molar-refractivity contribution in [2.24, 2.45) is 15.9 Å². The molecule has 0 aromatic rings. The zero-order chi connectivity index (χ0) is 11.2. The second kappa shape index (κ2) is 4.65. The number of fused-ring (bicyclic) bond motifs is 1. The molecule has 1 saturated heterocycles. The average Bonchev–Trinajstić information content (AvgIpc) is 2.86. The zero-order valence-corrected chi connectivity index (χ0v) is 12.0. The quantitative estimate of drug-likeness (QED) is 0.583. The molecule has 1 N–H and O–H groups in total. The molecule has 0 amide bonds. The lowest BCUT2D eigenvalue weighted by Gasteiger charge is -2.25. The lowest BCUT2D eigenvalue weighted by atomic mass is 10.0. The number of amidine groups is 1. The lowest BCUT2D eigenvalue weighted by molar-refractivity contribution is -0.709. The summed E-state index contributed by atoms with van der Waals surface area (Å²) in [7, 11) is 2.12. The predicted molar refractivity (Wildman–Crippen MR) is 75.4 cm³/mol. The standard InChI is InChI=1S/C11H14BrN4.ClH/c1-16-5-4-14-7-9(16)10(15-11(16)12)8-2-3-13-6-8;/h4-5,7-8,13H,2-3,6H2,1H3;1H/q+1;/t8?,16-;/m0./s1. The van der Waals surface area contributed by atoms with Gasteiger partial charge in [0.15, 0.2) is 5.70 Å². The van der Waals surface area contributed by atoms with Gasteiger partial charge in [0.1, 0.15) is 11.9 Å². The Morgan fingerprint density at radius 3 is 3.06 bits per heavy atom. The minimum absolute atomic E-state index is 0. The van der Waals surface area contributed by atoms with Crippen LogP contribution in [0.2, 0.25) is 0 Å². The van der Waals surface area contributed by atoms with Crippen molar-refractivity contribution < 1.29 is 4.48 Å². The van der Waals surface area contributed by atoms with Gasteiger partial charge in [0, 0.05) is 28.4 Å². The highest BCUT2D eigenvalue weighted by atomic mass is 79.9. The molecule has 92 valence electrons. The summed E-state index contributed by atoms with van der Waals surface area (Å²) >= 11 is 3.57. The van der Waals surface area contributed by atoms with E-state index in [1.807, 2.05) is 12.4 Å². The maximum atomic E-state index is 4.69. The number of rotatable bonds is 1. The van der Waals surface area contributed by atoms with E-state index in [0.717, 1.165) is 17.8 Å². The van der Waals surface area contributed by atoms with Crippen LogP contribution in [0.1, 0.15) is 6.42 Å². The third-order valence-electron chi connectivity index (χ3n) is 3.45. The highest BCUT2D eigenvalue weighted by molar-refractivity contribution is 9.18. The van der Waals surface area contributed by atoms with E-state index in [2.05, 4.69) is 44.5 Å². The summed E-state index contributed by atoms with van der Waals surface area (Å²) < 4.78 is 1.57. The van der Waals surface area contributed by atoms with Gasteiger partial charge < -0.3 is 5.32 Å². The normalized spacial score (nSPS) is 34.7. The molecule has 3 rings (SSSR count). The molecule has 6 heteroatoms. The molecule has 3 heterocycles. The average molecular weight is 319 g/mol. The van der Waals surface area contributed by atoms with Crippen LogP contribution < -0.4 is 5.32 Å². The molecule has 0 aromatic carbocycles. The Labute approximate surface area is 115 Å². The van der Waals surface area contributed by atoms with E-state index in [1.165, 1.54) is 17.8 Å². The predicted octanol–water partition coefficient (Wildman–Crippen LogP) is 2.00. The summed E-state index contributed by atoms with van der Waals surface area (Å²) in [4.78, 5) is 8.92. The number of nitrogens with one attached hydrogen (secondary N) is 1. The summed E-state index contributed by atoms with van der Waals surface area (Å²) in [6.45, 7) is 2.12. The van der Waals surface area contributed by atoms with E-state index < -0.39 is 0 Å². The maximum Gasteiger partial charge on any atom is 0.281 e. The Kier molecular flexibility index (Phi) is 3.54. The monoisotopic (exact) mass is 317 g/mol. The molecule has 0 saturated carbocycles. The first-order chi connectivity index (χ1) is 7.72. The Balaban J connectivity index is 0.00000108. The van der Waals surface area contributed by atoms with Gasteiger partial charge in [0.25, 0.3) is 4.74 Å². The van der Waals surface area contributed by atoms with Crippen molar-refractivity contribution in [3.05, 3.63) is 23.8 Å².